The molecule has 160 valence electrons. The van der Waals surface area contributed by atoms with E-state index in [1.165, 1.54) is 17.6 Å². The van der Waals surface area contributed by atoms with Crippen molar-refractivity contribution in [1.29, 1.82) is 5.26 Å². The first-order valence-electron chi connectivity index (χ1n) is 10.3. The molecule has 2 aromatic rings. The Morgan fingerprint density at radius 1 is 1.20 bits per heavy atom. The van der Waals surface area contributed by atoms with Crippen molar-refractivity contribution >= 4 is 34.0 Å². The molecule has 0 radical (unpaired) electrons. The molecule has 3 atom stereocenters. The van der Waals surface area contributed by atoms with Crippen LogP contribution in [0.25, 0.3) is 16.3 Å². The Morgan fingerprint density at radius 2 is 1.90 bits per heavy atom. The Bertz CT molecular complexity index is 952. The van der Waals surface area contributed by atoms with E-state index in [-0.39, 0.29) is 6.61 Å². The Kier molecular flexibility index (Phi) is 7.75. The van der Waals surface area contributed by atoms with Gasteiger partial charge in [0.2, 0.25) is 0 Å². The second kappa shape index (κ2) is 10.3. The van der Waals surface area contributed by atoms with Crippen molar-refractivity contribution in [3.05, 3.63) is 46.9 Å². The maximum absolute atomic E-state index is 9.93. The van der Waals surface area contributed by atoms with Crippen LogP contribution in [-0.2, 0) is 4.74 Å². The summed E-state index contributed by atoms with van der Waals surface area (Å²) in [5.74, 6) is 0. The zero-order valence-corrected chi connectivity index (χ0v) is 18.4. The summed E-state index contributed by atoms with van der Waals surface area (Å²) in [4.78, 5) is 2.83. The highest BCUT2D eigenvalue weighted by Gasteiger charge is 2.29. The van der Waals surface area contributed by atoms with Gasteiger partial charge in [-0.2, -0.15) is 5.26 Å². The number of benzene rings is 2. The number of allylic oxidation sites excluding steroid dienone is 2. The molecule has 3 unspecified atom stereocenters. The largest absolute Gasteiger partial charge is 0.391 e. The minimum absolute atomic E-state index is 0.122. The van der Waals surface area contributed by atoms with Crippen LogP contribution in [0.5, 0.6) is 0 Å². The Labute approximate surface area is 182 Å². The number of nitrogens with one attached hydrogen (secondary N) is 1. The van der Waals surface area contributed by atoms with Crippen LogP contribution in [-0.4, -0.2) is 48.3 Å². The molecule has 3 rings (SSSR count). The van der Waals surface area contributed by atoms with Crippen molar-refractivity contribution in [2.45, 2.75) is 45.6 Å². The van der Waals surface area contributed by atoms with Crippen molar-refractivity contribution < 1.29 is 14.9 Å². The molecule has 0 aromatic heterocycles. The van der Waals surface area contributed by atoms with Crippen LogP contribution in [0.1, 0.15) is 32.8 Å². The summed E-state index contributed by atoms with van der Waals surface area (Å²) in [7, 11) is 0. The van der Waals surface area contributed by atoms with Crippen LogP contribution in [0.4, 0.5) is 5.69 Å². The van der Waals surface area contributed by atoms with Crippen molar-refractivity contribution in [1.82, 2.24) is 4.72 Å². The summed E-state index contributed by atoms with van der Waals surface area (Å²) in [6.45, 7) is 8.28. The van der Waals surface area contributed by atoms with E-state index < -0.39 is 18.4 Å². The van der Waals surface area contributed by atoms with Gasteiger partial charge < -0.3 is 19.8 Å². The normalized spacial score (nSPS) is 22.5. The third-order valence-electron chi connectivity index (χ3n) is 5.47. The number of nitrogens with zero attached hydrogens (tertiary/aromatic N) is 2. The molecule has 1 aliphatic heterocycles. The number of aliphatic hydroxyl groups excluding tert-OH is 2. The fourth-order valence-electron chi connectivity index (χ4n) is 3.61. The second-order valence-electron chi connectivity index (χ2n) is 7.42. The van der Waals surface area contributed by atoms with Gasteiger partial charge in [0.05, 0.1) is 18.8 Å². The molecule has 0 saturated carbocycles. The van der Waals surface area contributed by atoms with Gasteiger partial charge in [-0.1, -0.05) is 18.2 Å². The first-order chi connectivity index (χ1) is 14.5. The molecule has 30 heavy (non-hydrogen) atoms. The van der Waals surface area contributed by atoms with Crippen LogP contribution in [0.15, 0.2) is 41.3 Å². The number of anilines is 1. The van der Waals surface area contributed by atoms with Gasteiger partial charge in [-0.25, -0.2) is 0 Å². The zero-order chi connectivity index (χ0) is 21.7. The first kappa shape index (κ1) is 22.6. The smallest absolute Gasteiger partial charge is 0.171 e. The lowest BCUT2D eigenvalue weighted by molar-refractivity contribution is -0.168. The average Bonchev–Trinajstić information content (AvgIpc) is 2.76. The molecule has 3 N–H and O–H groups in total. The van der Waals surface area contributed by atoms with E-state index in [1.807, 2.05) is 13.0 Å². The molecule has 0 spiro atoms. The van der Waals surface area contributed by atoms with Gasteiger partial charge in [0.15, 0.2) is 6.29 Å². The lowest BCUT2D eigenvalue weighted by Gasteiger charge is -2.31. The van der Waals surface area contributed by atoms with E-state index >= 15 is 0 Å². The zero-order valence-electron chi connectivity index (χ0n) is 17.6. The maximum Gasteiger partial charge on any atom is 0.171 e. The number of hydrogen-bond donors (Lipinski definition) is 3. The number of aliphatic hydroxyl groups is 2. The number of hydrogen-bond acceptors (Lipinski definition) is 7. The quantitative estimate of drug-likeness (QED) is 0.459. The molecular formula is C23H29N3O3S. The number of rotatable bonds is 7. The van der Waals surface area contributed by atoms with E-state index in [0.717, 1.165) is 35.0 Å². The van der Waals surface area contributed by atoms with Crippen LogP contribution in [0.3, 0.4) is 0 Å². The van der Waals surface area contributed by atoms with E-state index in [0.29, 0.717) is 11.3 Å². The topological polar surface area (TPSA) is 88.8 Å². The maximum atomic E-state index is 9.93. The summed E-state index contributed by atoms with van der Waals surface area (Å²) in [6.07, 6.45) is -1.25. The lowest BCUT2D eigenvalue weighted by atomic mass is 10.0. The molecule has 2 aromatic carbocycles. The van der Waals surface area contributed by atoms with Crippen molar-refractivity contribution in [2.24, 2.45) is 0 Å². The standard InChI is InChI=1S/C23H29N3O3S/c1-4-26(5-2)19-9-8-17-10-16(6-7-18(17)11-19)15(3)22(13-24)30-25-21-12-20(27)14-29-23(21)28/h6-11,20-21,23,25,27-28H,4-5,12,14H2,1-3H3/b22-15+. The Morgan fingerprint density at radius 3 is 2.60 bits per heavy atom. The molecule has 7 heteroatoms. The molecular weight excluding hydrogens is 398 g/mol. The molecule has 0 aliphatic carbocycles. The number of nitriles is 1. The average molecular weight is 428 g/mol. The fourth-order valence-corrected chi connectivity index (χ4v) is 4.41. The predicted molar refractivity (Wildman–Crippen MR) is 123 cm³/mol. The van der Waals surface area contributed by atoms with Gasteiger partial charge in [-0.15, -0.1) is 0 Å². The van der Waals surface area contributed by atoms with Crippen molar-refractivity contribution in [3.63, 3.8) is 0 Å². The Balaban J connectivity index is 1.80. The summed E-state index contributed by atoms with van der Waals surface area (Å²) >= 11 is 1.17. The molecule has 0 amide bonds. The molecule has 1 heterocycles. The van der Waals surface area contributed by atoms with E-state index in [9.17, 15) is 15.5 Å². The summed E-state index contributed by atoms with van der Waals surface area (Å²) in [5, 5.41) is 31.6. The monoisotopic (exact) mass is 427 g/mol. The number of fused-ring (bicyclic) bond motifs is 1. The SMILES string of the molecule is CCN(CC)c1ccc2cc(/C(C)=C(\C#N)SNC3CC(O)COC3O)ccc2c1. The highest BCUT2D eigenvalue weighted by atomic mass is 32.2. The molecule has 1 aliphatic rings. The van der Waals surface area contributed by atoms with Crippen LogP contribution in [0, 0.1) is 11.3 Å². The highest BCUT2D eigenvalue weighted by Crippen LogP contribution is 2.30. The van der Waals surface area contributed by atoms with Gasteiger partial charge >= 0.3 is 0 Å². The van der Waals surface area contributed by atoms with E-state index in [2.05, 4.69) is 59.9 Å². The third kappa shape index (κ3) is 5.15. The summed E-state index contributed by atoms with van der Waals surface area (Å²) in [5.41, 5.74) is 3.04. The molecule has 1 fully saturated rings. The summed E-state index contributed by atoms with van der Waals surface area (Å²) < 4.78 is 8.20. The third-order valence-corrected chi connectivity index (χ3v) is 6.49. The van der Waals surface area contributed by atoms with Crippen LogP contribution < -0.4 is 9.62 Å². The molecule has 1 saturated heterocycles. The van der Waals surface area contributed by atoms with Crippen molar-refractivity contribution in [2.75, 3.05) is 24.6 Å². The first-order valence-corrected chi connectivity index (χ1v) is 11.1. The minimum Gasteiger partial charge on any atom is -0.391 e. The van der Waals surface area contributed by atoms with E-state index in [1.54, 1.807) is 0 Å². The highest BCUT2D eigenvalue weighted by molar-refractivity contribution is 8.01. The van der Waals surface area contributed by atoms with Crippen molar-refractivity contribution in [3.8, 4) is 6.07 Å². The molecule has 0 bridgehead atoms. The molecule has 6 nitrogen and oxygen atoms in total. The number of ether oxygens (including phenoxy) is 1. The van der Waals surface area contributed by atoms with Gasteiger partial charge in [0.1, 0.15) is 11.0 Å². The minimum atomic E-state index is -0.998. The van der Waals surface area contributed by atoms with Gasteiger partial charge in [-0.05, 0) is 79.2 Å². The van der Waals surface area contributed by atoms with Gasteiger partial charge in [0.25, 0.3) is 0 Å². The van der Waals surface area contributed by atoms with Gasteiger partial charge in [0, 0.05) is 18.8 Å². The summed E-state index contributed by atoms with van der Waals surface area (Å²) in [6, 6.07) is 14.5. The Hall–Kier alpha value is -2.08. The predicted octanol–water partition coefficient (Wildman–Crippen LogP) is 3.65. The lowest BCUT2D eigenvalue weighted by Crippen LogP contribution is -2.46. The second-order valence-corrected chi connectivity index (χ2v) is 8.27. The van der Waals surface area contributed by atoms with Gasteiger partial charge in [-0.3, -0.25) is 4.72 Å². The van der Waals surface area contributed by atoms with Crippen LogP contribution >= 0.6 is 11.9 Å². The van der Waals surface area contributed by atoms with Crippen LogP contribution in [0.2, 0.25) is 0 Å². The fraction of sp³-hybridized carbons (Fsp3) is 0.435. The van der Waals surface area contributed by atoms with E-state index in [4.69, 9.17) is 4.74 Å².